The highest BCUT2D eigenvalue weighted by molar-refractivity contribution is 5.98. The second-order valence-corrected chi connectivity index (χ2v) is 5.63. The number of benzene rings is 2. The van der Waals surface area contributed by atoms with Crippen LogP contribution in [0, 0.1) is 0 Å². The molecule has 0 aromatic heterocycles. The van der Waals surface area contributed by atoms with Gasteiger partial charge >= 0.3 is 5.97 Å². The predicted molar refractivity (Wildman–Crippen MR) is 86.5 cm³/mol. The molecule has 3 rings (SSSR count). The van der Waals surface area contributed by atoms with E-state index in [0.717, 1.165) is 23.1 Å². The average molecular weight is 310 g/mol. The van der Waals surface area contributed by atoms with Crippen LogP contribution in [0.5, 0.6) is 11.5 Å². The van der Waals surface area contributed by atoms with Crippen LogP contribution >= 0.6 is 0 Å². The molecule has 0 atom stereocenters. The highest BCUT2D eigenvalue weighted by Gasteiger charge is 2.23. The SMILES string of the molecule is CCc1cc2c(c(C(C)=O)c1)Oc1ccc(C(=O)OC)cc1C2. The number of hydrogen-bond donors (Lipinski definition) is 0. The lowest BCUT2D eigenvalue weighted by Crippen LogP contribution is -2.10. The van der Waals surface area contributed by atoms with Crippen LogP contribution in [0.1, 0.15) is 51.3 Å². The zero-order valence-corrected chi connectivity index (χ0v) is 13.4. The van der Waals surface area contributed by atoms with Crippen LogP contribution in [0.2, 0.25) is 0 Å². The molecule has 1 heterocycles. The summed E-state index contributed by atoms with van der Waals surface area (Å²) >= 11 is 0. The van der Waals surface area contributed by atoms with Crippen LogP contribution in [-0.2, 0) is 17.6 Å². The summed E-state index contributed by atoms with van der Waals surface area (Å²) in [7, 11) is 1.36. The minimum atomic E-state index is -0.370. The summed E-state index contributed by atoms with van der Waals surface area (Å²) < 4.78 is 10.7. The fourth-order valence-electron chi connectivity index (χ4n) is 2.85. The van der Waals surface area contributed by atoms with Crippen molar-refractivity contribution in [3.8, 4) is 11.5 Å². The maximum absolute atomic E-state index is 11.9. The molecular formula is C19H18O4. The molecule has 0 amide bonds. The lowest BCUT2D eigenvalue weighted by Gasteiger charge is -2.23. The summed E-state index contributed by atoms with van der Waals surface area (Å²) in [4.78, 5) is 23.6. The number of fused-ring (bicyclic) bond motifs is 2. The summed E-state index contributed by atoms with van der Waals surface area (Å²) in [6.45, 7) is 3.60. The Bertz CT molecular complexity index is 805. The Balaban J connectivity index is 2.08. The maximum Gasteiger partial charge on any atom is 0.337 e. The van der Waals surface area contributed by atoms with Crippen molar-refractivity contribution in [2.75, 3.05) is 7.11 Å². The zero-order chi connectivity index (χ0) is 16.6. The molecule has 0 saturated carbocycles. The Kier molecular flexibility index (Phi) is 3.90. The second-order valence-electron chi connectivity index (χ2n) is 5.63. The Labute approximate surface area is 135 Å². The molecular weight excluding hydrogens is 292 g/mol. The minimum absolute atomic E-state index is 0.00817. The Morgan fingerprint density at radius 2 is 1.96 bits per heavy atom. The van der Waals surface area contributed by atoms with Crippen molar-refractivity contribution in [1.82, 2.24) is 0 Å². The third-order valence-electron chi connectivity index (χ3n) is 4.09. The van der Waals surface area contributed by atoms with E-state index in [2.05, 4.69) is 13.0 Å². The number of carbonyl (C=O) groups excluding carboxylic acids is 2. The lowest BCUT2D eigenvalue weighted by atomic mass is 9.93. The van der Waals surface area contributed by atoms with Gasteiger partial charge in [-0.25, -0.2) is 4.79 Å². The highest BCUT2D eigenvalue weighted by Crippen LogP contribution is 2.40. The molecule has 2 aromatic rings. The second kappa shape index (κ2) is 5.88. The van der Waals surface area contributed by atoms with Gasteiger partial charge in [-0.05, 0) is 43.2 Å². The smallest absolute Gasteiger partial charge is 0.337 e. The zero-order valence-electron chi connectivity index (χ0n) is 13.4. The van der Waals surface area contributed by atoms with Gasteiger partial charge in [0.05, 0.1) is 18.2 Å². The molecule has 0 spiro atoms. The van der Waals surface area contributed by atoms with E-state index in [9.17, 15) is 9.59 Å². The van der Waals surface area contributed by atoms with E-state index in [0.29, 0.717) is 29.0 Å². The summed E-state index contributed by atoms with van der Waals surface area (Å²) in [6, 6.07) is 9.17. The molecule has 4 heteroatoms. The number of carbonyl (C=O) groups is 2. The van der Waals surface area contributed by atoms with Crippen molar-refractivity contribution < 1.29 is 19.1 Å². The molecule has 0 unspecified atom stereocenters. The summed E-state index contributed by atoms with van der Waals surface area (Å²) in [5.74, 6) is 0.932. The van der Waals surface area contributed by atoms with Crippen LogP contribution in [-0.4, -0.2) is 18.9 Å². The van der Waals surface area contributed by atoms with Gasteiger partial charge in [0, 0.05) is 17.5 Å². The van der Waals surface area contributed by atoms with Crippen molar-refractivity contribution in [2.45, 2.75) is 26.7 Å². The first-order chi connectivity index (χ1) is 11.0. The number of methoxy groups -OCH3 is 1. The molecule has 1 aliphatic rings. The Morgan fingerprint density at radius 1 is 1.17 bits per heavy atom. The van der Waals surface area contributed by atoms with Crippen molar-refractivity contribution in [3.05, 3.63) is 58.1 Å². The standard InChI is InChI=1S/C19H18O4/c1-4-12-7-15-10-14-9-13(19(21)22-3)5-6-17(14)23-18(15)16(8-12)11(2)20/h5-9H,4,10H2,1-3H3. The minimum Gasteiger partial charge on any atom is -0.465 e. The number of hydrogen-bond acceptors (Lipinski definition) is 4. The molecule has 0 bridgehead atoms. The first-order valence-electron chi connectivity index (χ1n) is 7.59. The van der Waals surface area contributed by atoms with E-state index in [1.165, 1.54) is 7.11 Å². The van der Waals surface area contributed by atoms with E-state index in [-0.39, 0.29) is 11.8 Å². The first kappa shape index (κ1) is 15.3. The average Bonchev–Trinajstić information content (AvgIpc) is 2.57. The van der Waals surface area contributed by atoms with Gasteiger partial charge in [0.2, 0.25) is 0 Å². The normalized spacial score (nSPS) is 12.0. The van der Waals surface area contributed by atoms with Gasteiger partial charge in [0.25, 0.3) is 0 Å². The molecule has 118 valence electrons. The molecule has 0 aliphatic carbocycles. The molecule has 0 fully saturated rings. The highest BCUT2D eigenvalue weighted by atomic mass is 16.5. The molecule has 2 aromatic carbocycles. The summed E-state index contributed by atoms with van der Waals surface area (Å²) in [5, 5.41) is 0. The fourth-order valence-corrected chi connectivity index (χ4v) is 2.85. The van der Waals surface area contributed by atoms with Gasteiger partial charge < -0.3 is 9.47 Å². The van der Waals surface area contributed by atoms with Gasteiger partial charge in [-0.3, -0.25) is 4.79 Å². The molecule has 0 radical (unpaired) electrons. The van der Waals surface area contributed by atoms with Crippen molar-refractivity contribution in [3.63, 3.8) is 0 Å². The van der Waals surface area contributed by atoms with Crippen LogP contribution in [0.4, 0.5) is 0 Å². The van der Waals surface area contributed by atoms with E-state index in [4.69, 9.17) is 9.47 Å². The number of rotatable bonds is 3. The molecule has 1 aliphatic heterocycles. The summed E-state index contributed by atoms with van der Waals surface area (Å²) in [5.41, 5.74) is 4.11. The van der Waals surface area contributed by atoms with Crippen LogP contribution in [0.3, 0.4) is 0 Å². The Hall–Kier alpha value is -2.62. The first-order valence-corrected chi connectivity index (χ1v) is 7.59. The van der Waals surface area contributed by atoms with E-state index in [1.54, 1.807) is 25.1 Å². The van der Waals surface area contributed by atoms with E-state index >= 15 is 0 Å². The van der Waals surface area contributed by atoms with E-state index in [1.807, 2.05) is 6.07 Å². The molecule has 4 nitrogen and oxygen atoms in total. The monoisotopic (exact) mass is 310 g/mol. The van der Waals surface area contributed by atoms with Gasteiger partial charge in [0.15, 0.2) is 5.78 Å². The van der Waals surface area contributed by atoms with Crippen LogP contribution < -0.4 is 4.74 Å². The number of esters is 1. The van der Waals surface area contributed by atoms with Gasteiger partial charge in [-0.15, -0.1) is 0 Å². The van der Waals surface area contributed by atoms with Crippen LogP contribution in [0.15, 0.2) is 30.3 Å². The lowest BCUT2D eigenvalue weighted by molar-refractivity contribution is 0.0600. The number of aryl methyl sites for hydroxylation is 1. The number of Topliss-reactive ketones (excluding diaryl/α,β-unsaturated/α-hetero) is 1. The summed E-state index contributed by atoms with van der Waals surface area (Å²) in [6.07, 6.45) is 1.48. The maximum atomic E-state index is 11.9. The number of ketones is 1. The quantitative estimate of drug-likeness (QED) is 0.543. The fraction of sp³-hybridized carbons (Fsp3) is 0.263. The van der Waals surface area contributed by atoms with Gasteiger partial charge in [0.1, 0.15) is 11.5 Å². The third kappa shape index (κ3) is 2.72. The molecule has 23 heavy (non-hydrogen) atoms. The van der Waals surface area contributed by atoms with Gasteiger partial charge in [-0.2, -0.15) is 0 Å². The van der Waals surface area contributed by atoms with Crippen molar-refractivity contribution >= 4 is 11.8 Å². The van der Waals surface area contributed by atoms with Crippen LogP contribution in [0.25, 0.3) is 0 Å². The van der Waals surface area contributed by atoms with Crippen molar-refractivity contribution in [2.24, 2.45) is 0 Å². The molecule has 0 N–H and O–H groups in total. The molecule has 0 saturated heterocycles. The topological polar surface area (TPSA) is 52.6 Å². The van der Waals surface area contributed by atoms with Gasteiger partial charge in [-0.1, -0.05) is 13.0 Å². The van der Waals surface area contributed by atoms with Crippen molar-refractivity contribution in [1.29, 1.82) is 0 Å². The third-order valence-corrected chi connectivity index (χ3v) is 4.09. The predicted octanol–water partition coefficient (Wildman–Crippen LogP) is 3.93. The Morgan fingerprint density at radius 3 is 2.61 bits per heavy atom. The van der Waals surface area contributed by atoms with E-state index < -0.39 is 0 Å². The largest absolute Gasteiger partial charge is 0.465 e. The number of ether oxygens (including phenoxy) is 2.